The molecule has 7 heteroatoms. The van der Waals surface area contributed by atoms with Gasteiger partial charge in [0.05, 0.1) is 11.0 Å². The third-order valence-electron chi connectivity index (χ3n) is 5.19. The number of carbonyl (C=O) groups excluding carboxylic acids is 2. The van der Waals surface area contributed by atoms with Crippen molar-refractivity contribution >= 4 is 28.4 Å². The molecule has 0 atom stereocenters. The minimum absolute atomic E-state index is 0.0970. The van der Waals surface area contributed by atoms with Gasteiger partial charge in [0.2, 0.25) is 0 Å². The lowest BCUT2D eigenvalue weighted by Crippen LogP contribution is -2.19. The fourth-order valence-electron chi connectivity index (χ4n) is 3.78. The maximum Gasteiger partial charge on any atom is 0.328 e. The summed E-state index contributed by atoms with van der Waals surface area (Å²) in [6, 6.07) is 5.35. The Labute approximate surface area is 149 Å². The molecule has 0 saturated heterocycles. The summed E-state index contributed by atoms with van der Waals surface area (Å²) in [6.07, 6.45) is 2.13. The summed E-state index contributed by atoms with van der Waals surface area (Å²) in [7, 11) is 3.41. The van der Waals surface area contributed by atoms with Crippen molar-refractivity contribution in [2.75, 3.05) is 5.32 Å². The molecular formula is C19H20N4O3. The van der Waals surface area contributed by atoms with E-state index in [4.69, 9.17) is 0 Å². The van der Waals surface area contributed by atoms with E-state index in [2.05, 4.69) is 10.3 Å². The molecule has 26 heavy (non-hydrogen) atoms. The molecule has 4 rings (SSSR count). The number of amides is 1. The van der Waals surface area contributed by atoms with Crippen LogP contribution in [0.3, 0.4) is 0 Å². The van der Waals surface area contributed by atoms with Gasteiger partial charge in [-0.15, -0.1) is 0 Å². The van der Waals surface area contributed by atoms with Gasteiger partial charge in [0, 0.05) is 37.5 Å². The number of Topliss-reactive ketones (excluding diaryl/α,β-unsaturated/α-hetero) is 1. The van der Waals surface area contributed by atoms with Gasteiger partial charge in [0.15, 0.2) is 5.78 Å². The summed E-state index contributed by atoms with van der Waals surface area (Å²) in [5, 5.41) is 2.86. The number of imidazole rings is 1. The topological polar surface area (TPSA) is 88.9 Å². The van der Waals surface area contributed by atoms with Gasteiger partial charge in [-0.1, -0.05) is 0 Å². The van der Waals surface area contributed by atoms with Gasteiger partial charge in [0.25, 0.3) is 5.91 Å². The molecule has 0 bridgehead atoms. The number of fused-ring (bicyclic) bond motifs is 2. The van der Waals surface area contributed by atoms with E-state index < -0.39 is 0 Å². The van der Waals surface area contributed by atoms with Crippen molar-refractivity contribution in [1.29, 1.82) is 0 Å². The number of aromatic amines is 1. The number of aromatic nitrogens is 3. The highest BCUT2D eigenvalue weighted by atomic mass is 16.2. The Morgan fingerprint density at radius 1 is 1.12 bits per heavy atom. The first-order valence-corrected chi connectivity index (χ1v) is 8.60. The van der Waals surface area contributed by atoms with Crippen molar-refractivity contribution in [3.63, 3.8) is 0 Å². The first-order chi connectivity index (χ1) is 12.4. The van der Waals surface area contributed by atoms with Gasteiger partial charge >= 0.3 is 5.69 Å². The van der Waals surface area contributed by atoms with Crippen molar-refractivity contribution in [3.05, 3.63) is 51.2 Å². The number of ketones is 1. The molecule has 1 aliphatic rings. The Balaban J connectivity index is 1.69. The molecule has 0 aliphatic heterocycles. The second-order valence-corrected chi connectivity index (χ2v) is 6.81. The normalized spacial score (nSPS) is 13.9. The van der Waals surface area contributed by atoms with Crippen LogP contribution in [0.2, 0.25) is 0 Å². The lowest BCUT2D eigenvalue weighted by molar-refractivity contribution is 0.0971. The van der Waals surface area contributed by atoms with Gasteiger partial charge in [-0.3, -0.25) is 18.7 Å². The van der Waals surface area contributed by atoms with Crippen molar-refractivity contribution < 1.29 is 9.59 Å². The number of benzene rings is 1. The fraction of sp³-hybridized carbons (Fsp3) is 0.316. The average Bonchev–Trinajstić information content (AvgIpc) is 3.07. The molecule has 0 radical (unpaired) electrons. The van der Waals surface area contributed by atoms with E-state index in [0.29, 0.717) is 28.9 Å². The SMILES string of the molecule is Cc1c(C(=O)Nc2ccc3c(c2)n(C)c(=O)n3C)[nH]c2c1C(=O)CCC2. The summed E-state index contributed by atoms with van der Waals surface area (Å²) < 4.78 is 3.11. The third-order valence-corrected chi connectivity index (χ3v) is 5.19. The number of hydrogen-bond donors (Lipinski definition) is 2. The molecule has 1 aromatic carbocycles. The number of aryl methyl sites for hydroxylation is 3. The number of carbonyl (C=O) groups is 2. The summed E-state index contributed by atoms with van der Waals surface area (Å²) in [6.45, 7) is 1.80. The van der Waals surface area contributed by atoms with Crippen molar-refractivity contribution in [2.24, 2.45) is 14.1 Å². The monoisotopic (exact) mass is 352 g/mol. The van der Waals surface area contributed by atoms with E-state index in [1.807, 2.05) is 6.07 Å². The lowest BCUT2D eigenvalue weighted by Gasteiger charge is -2.09. The van der Waals surface area contributed by atoms with Crippen LogP contribution in [0.15, 0.2) is 23.0 Å². The Hall–Kier alpha value is -3.09. The molecule has 0 fully saturated rings. The van der Waals surface area contributed by atoms with Gasteiger partial charge in [-0.25, -0.2) is 4.79 Å². The Kier molecular flexibility index (Phi) is 3.61. The van der Waals surface area contributed by atoms with E-state index in [-0.39, 0.29) is 17.4 Å². The standard InChI is InChI=1S/C19H20N4O3/c1-10-16-12(5-4-6-15(16)24)21-17(10)18(25)20-11-7-8-13-14(9-11)23(3)19(26)22(13)2/h7-9,21H,4-6H2,1-3H3,(H,20,25). The van der Waals surface area contributed by atoms with Crippen LogP contribution in [-0.4, -0.2) is 25.8 Å². The predicted molar refractivity (Wildman–Crippen MR) is 98.9 cm³/mol. The maximum atomic E-state index is 12.7. The van der Waals surface area contributed by atoms with E-state index >= 15 is 0 Å². The number of H-pyrrole nitrogens is 1. The minimum atomic E-state index is -0.287. The molecule has 1 aliphatic carbocycles. The molecule has 1 amide bonds. The Bertz CT molecular complexity index is 1130. The van der Waals surface area contributed by atoms with E-state index in [1.54, 1.807) is 42.3 Å². The van der Waals surface area contributed by atoms with Gasteiger partial charge in [-0.2, -0.15) is 0 Å². The van der Waals surface area contributed by atoms with Gasteiger partial charge in [-0.05, 0) is 43.5 Å². The van der Waals surface area contributed by atoms with Crippen LogP contribution in [0.4, 0.5) is 5.69 Å². The number of nitrogens with one attached hydrogen (secondary N) is 2. The maximum absolute atomic E-state index is 12.7. The number of anilines is 1. The zero-order valence-electron chi connectivity index (χ0n) is 15.0. The molecule has 2 aromatic heterocycles. The first-order valence-electron chi connectivity index (χ1n) is 8.60. The molecule has 0 spiro atoms. The summed E-state index contributed by atoms with van der Waals surface area (Å²) in [4.78, 5) is 40.0. The van der Waals surface area contributed by atoms with E-state index in [0.717, 1.165) is 29.6 Å². The molecule has 0 unspecified atom stereocenters. The molecule has 2 heterocycles. The molecule has 2 N–H and O–H groups in total. The molecule has 134 valence electrons. The highest BCUT2D eigenvalue weighted by Gasteiger charge is 2.26. The van der Waals surface area contributed by atoms with Crippen LogP contribution >= 0.6 is 0 Å². The van der Waals surface area contributed by atoms with E-state index in [1.165, 1.54) is 0 Å². The number of hydrogen-bond acceptors (Lipinski definition) is 3. The lowest BCUT2D eigenvalue weighted by atomic mass is 9.94. The Morgan fingerprint density at radius 2 is 1.85 bits per heavy atom. The number of nitrogens with zero attached hydrogens (tertiary/aromatic N) is 2. The second kappa shape index (κ2) is 5.72. The zero-order chi connectivity index (χ0) is 18.6. The summed E-state index contributed by atoms with van der Waals surface area (Å²) >= 11 is 0. The van der Waals surface area contributed by atoms with Crippen molar-refractivity contribution in [2.45, 2.75) is 26.2 Å². The fourth-order valence-corrected chi connectivity index (χ4v) is 3.78. The van der Waals surface area contributed by atoms with Crippen LogP contribution in [-0.2, 0) is 20.5 Å². The third kappa shape index (κ3) is 2.31. The largest absolute Gasteiger partial charge is 0.354 e. The highest BCUT2D eigenvalue weighted by molar-refractivity contribution is 6.08. The molecular weight excluding hydrogens is 332 g/mol. The van der Waals surface area contributed by atoms with Gasteiger partial charge < -0.3 is 10.3 Å². The van der Waals surface area contributed by atoms with Crippen LogP contribution in [0, 0.1) is 6.92 Å². The van der Waals surface area contributed by atoms with E-state index in [9.17, 15) is 14.4 Å². The van der Waals surface area contributed by atoms with Crippen LogP contribution in [0.1, 0.15) is 44.9 Å². The van der Waals surface area contributed by atoms with Crippen LogP contribution < -0.4 is 11.0 Å². The van der Waals surface area contributed by atoms with Crippen molar-refractivity contribution in [3.8, 4) is 0 Å². The highest BCUT2D eigenvalue weighted by Crippen LogP contribution is 2.27. The molecule has 3 aromatic rings. The van der Waals surface area contributed by atoms with Gasteiger partial charge in [0.1, 0.15) is 5.69 Å². The second-order valence-electron chi connectivity index (χ2n) is 6.81. The quantitative estimate of drug-likeness (QED) is 0.741. The van der Waals surface area contributed by atoms with Crippen LogP contribution in [0.5, 0.6) is 0 Å². The average molecular weight is 352 g/mol. The smallest absolute Gasteiger partial charge is 0.328 e. The first kappa shape index (κ1) is 16.4. The summed E-state index contributed by atoms with van der Waals surface area (Å²) in [5.74, 6) is -0.190. The summed E-state index contributed by atoms with van der Waals surface area (Å²) in [5.41, 5.74) is 4.67. The minimum Gasteiger partial charge on any atom is -0.354 e. The van der Waals surface area contributed by atoms with Crippen molar-refractivity contribution in [1.82, 2.24) is 14.1 Å². The van der Waals surface area contributed by atoms with Crippen LogP contribution in [0.25, 0.3) is 11.0 Å². The predicted octanol–water partition coefficient (Wildman–Crippen LogP) is 2.28. The number of rotatable bonds is 2. The molecule has 7 nitrogen and oxygen atoms in total. The molecule has 0 saturated carbocycles. The zero-order valence-corrected chi connectivity index (χ0v) is 15.0. The Morgan fingerprint density at radius 3 is 2.58 bits per heavy atom.